The Bertz CT molecular complexity index is 644. The van der Waals surface area contributed by atoms with Gasteiger partial charge in [-0.1, -0.05) is 31.5 Å². The van der Waals surface area contributed by atoms with Crippen LogP contribution in [0.1, 0.15) is 49.0 Å². The van der Waals surface area contributed by atoms with Crippen LogP contribution in [0.4, 0.5) is 0 Å². The van der Waals surface area contributed by atoms with Crippen LogP contribution < -0.4 is 10.6 Å². The second-order valence-corrected chi connectivity index (χ2v) is 8.31. The Morgan fingerprint density at radius 2 is 1.74 bits per heavy atom. The van der Waals surface area contributed by atoms with E-state index >= 15 is 0 Å². The molecule has 0 bridgehead atoms. The van der Waals surface area contributed by atoms with E-state index in [1.807, 2.05) is 49.9 Å². The van der Waals surface area contributed by atoms with Gasteiger partial charge in [-0.2, -0.15) is 0 Å². The van der Waals surface area contributed by atoms with E-state index in [0.717, 1.165) is 44.6 Å². The van der Waals surface area contributed by atoms with Gasteiger partial charge in [0.05, 0.1) is 0 Å². The SMILES string of the molecule is Cc1ccc(C(=O)NC(C(=O)N2CCC3(CCNC3)CC2)C(C)C)cc1.Cl. The van der Waals surface area contributed by atoms with Crippen molar-refractivity contribution in [3.8, 4) is 0 Å². The van der Waals surface area contributed by atoms with Crippen molar-refractivity contribution in [1.82, 2.24) is 15.5 Å². The largest absolute Gasteiger partial charge is 0.341 e. The summed E-state index contributed by atoms with van der Waals surface area (Å²) in [5.41, 5.74) is 2.10. The van der Waals surface area contributed by atoms with Gasteiger partial charge < -0.3 is 15.5 Å². The van der Waals surface area contributed by atoms with Gasteiger partial charge in [-0.05, 0) is 56.2 Å². The summed E-state index contributed by atoms with van der Waals surface area (Å²) in [5, 5.41) is 6.42. The lowest BCUT2D eigenvalue weighted by molar-refractivity contribution is -0.136. The molecular formula is C21H32ClN3O2. The number of hydrogen-bond donors (Lipinski definition) is 2. The minimum Gasteiger partial charge on any atom is -0.341 e. The van der Waals surface area contributed by atoms with E-state index in [-0.39, 0.29) is 30.1 Å². The first-order valence-corrected chi connectivity index (χ1v) is 9.77. The zero-order valence-electron chi connectivity index (χ0n) is 16.6. The number of piperidine rings is 1. The Labute approximate surface area is 168 Å². The van der Waals surface area contributed by atoms with Crippen molar-refractivity contribution in [3.63, 3.8) is 0 Å². The highest BCUT2D eigenvalue weighted by molar-refractivity contribution is 5.97. The molecule has 1 aromatic carbocycles. The number of carbonyl (C=O) groups is 2. The maximum absolute atomic E-state index is 13.1. The maximum atomic E-state index is 13.1. The number of rotatable bonds is 4. The van der Waals surface area contributed by atoms with Crippen molar-refractivity contribution >= 4 is 24.2 Å². The van der Waals surface area contributed by atoms with Crippen molar-refractivity contribution in [2.75, 3.05) is 26.2 Å². The van der Waals surface area contributed by atoms with Crippen LogP contribution in [0.3, 0.4) is 0 Å². The van der Waals surface area contributed by atoms with Crippen LogP contribution in [0.5, 0.6) is 0 Å². The summed E-state index contributed by atoms with van der Waals surface area (Å²) in [6.45, 7) is 9.73. The Morgan fingerprint density at radius 3 is 2.26 bits per heavy atom. The molecular weight excluding hydrogens is 362 g/mol. The van der Waals surface area contributed by atoms with Crippen LogP contribution >= 0.6 is 12.4 Å². The number of aryl methyl sites for hydroxylation is 1. The number of amides is 2. The highest BCUT2D eigenvalue weighted by atomic mass is 35.5. The molecule has 1 atom stereocenters. The van der Waals surface area contributed by atoms with Crippen molar-refractivity contribution in [3.05, 3.63) is 35.4 Å². The van der Waals surface area contributed by atoms with Gasteiger partial charge in [-0.3, -0.25) is 9.59 Å². The van der Waals surface area contributed by atoms with Crippen LogP contribution in [-0.4, -0.2) is 48.9 Å². The molecule has 2 aliphatic heterocycles. The third-order valence-electron chi connectivity index (χ3n) is 6.00. The minimum absolute atomic E-state index is 0. The monoisotopic (exact) mass is 393 g/mol. The fraction of sp³-hybridized carbons (Fsp3) is 0.619. The van der Waals surface area contributed by atoms with E-state index < -0.39 is 6.04 Å². The first-order valence-electron chi connectivity index (χ1n) is 9.77. The van der Waals surface area contributed by atoms with Gasteiger partial charge in [0.1, 0.15) is 6.04 Å². The molecule has 1 aromatic rings. The molecule has 3 rings (SSSR count). The summed E-state index contributed by atoms with van der Waals surface area (Å²) >= 11 is 0. The first kappa shape index (κ1) is 21.7. The Hall–Kier alpha value is -1.59. The van der Waals surface area contributed by atoms with Gasteiger partial charge in [0.25, 0.3) is 5.91 Å². The van der Waals surface area contributed by atoms with Crippen molar-refractivity contribution in [1.29, 1.82) is 0 Å². The topological polar surface area (TPSA) is 61.4 Å². The molecule has 0 saturated carbocycles. The normalized spacial score (nSPS) is 19.6. The van der Waals surface area contributed by atoms with Crippen LogP contribution in [0.2, 0.25) is 0 Å². The quantitative estimate of drug-likeness (QED) is 0.826. The summed E-state index contributed by atoms with van der Waals surface area (Å²) in [6, 6.07) is 6.98. The van der Waals surface area contributed by atoms with Gasteiger partial charge in [-0.15, -0.1) is 12.4 Å². The summed E-state index contributed by atoms with van der Waals surface area (Å²) in [5.74, 6) is -0.0623. The molecule has 0 aromatic heterocycles. The zero-order valence-corrected chi connectivity index (χ0v) is 17.4. The average Bonchev–Trinajstić information content (AvgIpc) is 3.08. The lowest BCUT2D eigenvalue weighted by Crippen LogP contribution is -2.54. The van der Waals surface area contributed by atoms with Gasteiger partial charge in [-0.25, -0.2) is 0 Å². The van der Waals surface area contributed by atoms with Crippen molar-refractivity contribution < 1.29 is 9.59 Å². The van der Waals surface area contributed by atoms with E-state index in [2.05, 4.69) is 10.6 Å². The van der Waals surface area contributed by atoms with Crippen LogP contribution in [-0.2, 0) is 4.79 Å². The highest BCUT2D eigenvalue weighted by Crippen LogP contribution is 2.37. The molecule has 2 saturated heterocycles. The van der Waals surface area contributed by atoms with Crippen molar-refractivity contribution in [2.24, 2.45) is 11.3 Å². The fourth-order valence-corrected chi connectivity index (χ4v) is 4.06. The third kappa shape index (κ3) is 5.02. The summed E-state index contributed by atoms with van der Waals surface area (Å²) < 4.78 is 0. The number of halogens is 1. The Morgan fingerprint density at radius 1 is 1.11 bits per heavy atom. The molecule has 2 aliphatic rings. The van der Waals surface area contributed by atoms with E-state index in [1.54, 1.807) is 0 Å². The lowest BCUT2D eigenvalue weighted by Gasteiger charge is -2.40. The second kappa shape index (κ2) is 9.07. The molecule has 6 heteroatoms. The van der Waals surface area contributed by atoms with Gasteiger partial charge in [0.15, 0.2) is 0 Å². The standard InChI is InChI=1S/C21H31N3O2.ClH/c1-15(2)18(23-19(25)17-6-4-16(3)5-7-17)20(26)24-12-9-21(10-13-24)8-11-22-14-21;/h4-7,15,18,22H,8-14H2,1-3H3,(H,23,25);1H. The van der Waals surface area contributed by atoms with Crippen LogP contribution in [0, 0.1) is 18.3 Å². The number of hydrogen-bond acceptors (Lipinski definition) is 3. The molecule has 0 radical (unpaired) electrons. The van der Waals surface area contributed by atoms with E-state index in [9.17, 15) is 9.59 Å². The number of benzene rings is 1. The third-order valence-corrected chi connectivity index (χ3v) is 6.00. The molecule has 2 amide bonds. The maximum Gasteiger partial charge on any atom is 0.251 e. The van der Waals surface area contributed by atoms with Gasteiger partial charge >= 0.3 is 0 Å². The number of nitrogens with one attached hydrogen (secondary N) is 2. The summed E-state index contributed by atoms with van der Waals surface area (Å²) in [6.07, 6.45) is 3.33. The van der Waals surface area contributed by atoms with Gasteiger partial charge in [0, 0.05) is 25.2 Å². The number of nitrogens with zero attached hydrogens (tertiary/aromatic N) is 1. The molecule has 5 nitrogen and oxygen atoms in total. The van der Waals surface area contributed by atoms with E-state index in [1.165, 1.54) is 6.42 Å². The number of carbonyl (C=O) groups excluding carboxylic acids is 2. The molecule has 150 valence electrons. The van der Waals surface area contributed by atoms with E-state index in [4.69, 9.17) is 0 Å². The Balaban J connectivity index is 0.00000261. The van der Waals surface area contributed by atoms with Crippen LogP contribution in [0.25, 0.3) is 0 Å². The second-order valence-electron chi connectivity index (χ2n) is 8.31. The smallest absolute Gasteiger partial charge is 0.251 e. The van der Waals surface area contributed by atoms with Crippen molar-refractivity contribution in [2.45, 2.75) is 46.1 Å². The number of likely N-dealkylation sites (tertiary alicyclic amines) is 1. The predicted molar refractivity (Wildman–Crippen MR) is 110 cm³/mol. The predicted octanol–water partition coefficient (Wildman–Crippen LogP) is 2.77. The lowest BCUT2D eigenvalue weighted by atomic mass is 9.77. The summed E-state index contributed by atoms with van der Waals surface area (Å²) in [7, 11) is 0. The molecule has 0 aliphatic carbocycles. The highest BCUT2D eigenvalue weighted by Gasteiger charge is 2.39. The molecule has 27 heavy (non-hydrogen) atoms. The fourth-order valence-electron chi connectivity index (χ4n) is 4.06. The van der Waals surface area contributed by atoms with Gasteiger partial charge in [0.2, 0.25) is 5.91 Å². The molecule has 1 unspecified atom stereocenters. The zero-order chi connectivity index (χ0) is 18.7. The average molecular weight is 394 g/mol. The van der Waals surface area contributed by atoms with Crippen LogP contribution in [0.15, 0.2) is 24.3 Å². The molecule has 2 fully saturated rings. The molecule has 2 N–H and O–H groups in total. The molecule has 2 heterocycles. The molecule has 1 spiro atoms. The minimum atomic E-state index is -0.473. The van der Waals surface area contributed by atoms with E-state index in [0.29, 0.717) is 11.0 Å². The summed E-state index contributed by atoms with van der Waals surface area (Å²) in [4.78, 5) is 27.6. The Kier molecular flexibility index (Phi) is 7.29. The first-order chi connectivity index (χ1) is 12.4.